The minimum absolute atomic E-state index is 0.0908. The number of carbonyl (C=O) groups is 1. The van der Waals surface area contributed by atoms with Gasteiger partial charge in [-0.15, -0.1) is 0 Å². The van der Waals surface area contributed by atoms with E-state index in [0.717, 1.165) is 37.4 Å². The highest BCUT2D eigenvalue weighted by Gasteiger charge is 2.26. The maximum atomic E-state index is 13.1. The zero-order valence-corrected chi connectivity index (χ0v) is 15.9. The molecule has 144 valence electrons. The third-order valence-corrected chi connectivity index (χ3v) is 5.13. The van der Waals surface area contributed by atoms with Crippen molar-refractivity contribution in [1.29, 1.82) is 0 Å². The Bertz CT molecular complexity index is 871. The summed E-state index contributed by atoms with van der Waals surface area (Å²) in [7, 11) is 1.66. The molecule has 1 saturated heterocycles. The van der Waals surface area contributed by atoms with Gasteiger partial charge in [0, 0.05) is 51.2 Å². The zero-order chi connectivity index (χ0) is 19.6. The molecule has 3 rings (SSSR count). The number of rotatable bonds is 4. The maximum absolute atomic E-state index is 13.1. The summed E-state index contributed by atoms with van der Waals surface area (Å²) in [6.07, 6.45) is 1.65. The van der Waals surface area contributed by atoms with E-state index in [1.807, 2.05) is 13.8 Å². The van der Waals surface area contributed by atoms with Gasteiger partial charge in [0.1, 0.15) is 5.82 Å². The highest BCUT2D eigenvalue weighted by Crippen LogP contribution is 2.18. The summed E-state index contributed by atoms with van der Waals surface area (Å²) < 4.78 is 14.5. The molecule has 0 spiro atoms. The molecule has 1 amide bonds. The van der Waals surface area contributed by atoms with Gasteiger partial charge in [0.15, 0.2) is 0 Å². The summed E-state index contributed by atoms with van der Waals surface area (Å²) >= 11 is 0. The summed E-state index contributed by atoms with van der Waals surface area (Å²) in [4.78, 5) is 28.6. The lowest BCUT2D eigenvalue weighted by atomic mass is 10.2. The van der Waals surface area contributed by atoms with Crippen LogP contribution in [0.4, 0.5) is 15.8 Å². The van der Waals surface area contributed by atoms with Gasteiger partial charge >= 0.3 is 0 Å². The van der Waals surface area contributed by atoms with Gasteiger partial charge in [-0.25, -0.2) is 4.39 Å². The number of anilines is 2. The largest absolute Gasteiger partial charge is 0.369 e. The van der Waals surface area contributed by atoms with E-state index < -0.39 is 0 Å². The highest BCUT2D eigenvalue weighted by molar-refractivity contribution is 5.95. The molecule has 1 aromatic carbocycles. The lowest BCUT2D eigenvalue weighted by molar-refractivity contribution is -0.120. The van der Waals surface area contributed by atoms with Crippen molar-refractivity contribution >= 4 is 17.3 Å². The number of amides is 1. The third-order valence-electron chi connectivity index (χ3n) is 5.13. The fourth-order valence-corrected chi connectivity index (χ4v) is 3.28. The molecule has 1 unspecified atom stereocenters. The Labute approximate surface area is 158 Å². The molecule has 0 bridgehead atoms. The van der Waals surface area contributed by atoms with Crippen molar-refractivity contribution in [2.45, 2.75) is 19.9 Å². The fraction of sp³-hybridized carbons (Fsp3) is 0.400. The van der Waals surface area contributed by atoms with Crippen LogP contribution in [0.5, 0.6) is 0 Å². The van der Waals surface area contributed by atoms with Crippen LogP contribution in [-0.2, 0) is 11.8 Å². The van der Waals surface area contributed by atoms with Crippen LogP contribution in [0.1, 0.15) is 12.5 Å². The van der Waals surface area contributed by atoms with Gasteiger partial charge in [0.2, 0.25) is 5.91 Å². The molecule has 6 nitrogen and oxygen atoms in total. The SMILES string of the molecule is Cc1cc(=O)n(C)cc1NC(=O)C(C)N1CCN(c2ccc(F)cc2)CC1. The lowest BCUT2D eigenvalue weighted by Crippen LogP contribution is -2.52. The van der Waals surface area contributed by atoms with Gasteiger partial charge in [-0.3, -0.25) is 14.5 Å². The monoisotopic (exact) mass is 372 g/mol. The van der Waals surface area contributed by atoms with Crippen molar-refractivity contribution in [3.63, 3.8) is 0 Å². The fourth-order valence-electron chi connectivity index (χ4n) is 3.28. The smallest absolute Gasteiger partial charge is 0.250 e. The van der Waals surface area contributed by atoms with Crippen LogP contribution in [0, 0.1) is 12.7 Å². The van der Waals surface area contributed by atoms with E-state index in [4.69, 9.17) is 0 Å². The molecule has 0 aliphatic carbocycles. The third kappa shape index (κ3) is 4.36. The number of pyridine rings is 1. The van der Waals surface area contributed by atoms with Crippen LogP contribution in [0.15, 0.2) is 41.3 Å². The van der Waals surface area contributed by atoms with E-state index in [0.29, 0.717) is 5.69 Å². The zero-order valence-electron chi connectivity index (χ0n) is 15.9. The summed E-state index contributed by atoms with van der Waals surface area (Å²) in [6.45, 7) is 6.75. The second-order valence-corrected chi connectivity index (χ2v) is 6.98. The predicted molar refractivity (Wildman–Crippen MR) is 105 cm³/mol. The second-order valence-electron chi connectivity index (χ2n) is 6.98. The van der Waals surface area contributed by atoms with Crippen LogP contribution in [0.2, 0.25) is 0 Å². The molecule has 1 aromatic heterocycles. The van der Waals surface area contributed by atoms with Gasteiger partial charge in [-0.2, -0.15) is 0 Å². The lowest BCUT2D eigenvalue weighted by Gasteiger charge is -2.38. The first-order chi connectivity index (χ1) is 12.8. The predicted octanol–water partition coefficient (Wildman–Crippen LogP) is 1.98. The quantitative estimate of drug-likeness (QED) is 0.892. The normalized spacial score (nSPS) is 16.2. The molecule has 7 heteroatoms. The molecule has 2 heterocycles. The van der Waals surface area contributed by atoms with E-state index in [1.54, 1.807) is 25.4 Å². The average Bonchev–Trinajstić information content (AvgIpc) is 2.66. The molecule has 1 aliphatic rings. The van der Waals surface area contributed by atoms with Gasteiger partial charge in [0.25, 0.3) is 5.56 Å². The first-order valence-electron chi connectivity index (χ1n) is 9.08. The van der Waals surface area contributed by atoms with E-state index in [-0.39, 0.29) is 23.3 Å². The summed E-state index contributed by atoms with van der Waals surface area (Å²) in [6, 6.07) is 7.73. The van der Waals surface area contributed by atoms with Crippen molar-refractivity contribution in [2.75, 3.05) is 36.4 Å². The number of nitrogens with zero attached hydrogens (tertiary/aromatic N) is 3. The van der Waals surface area contributed by atoms with Crippen LogP contribution < -0.4 is 15.8 Å². The molecule has 1 atom stereocenters. The van der Waals surface area contributed by atoms with Crippen molar-refractivity contribution in [1.82, 2.24) is 9.47 Å². The van der Waals surface area contributed by atoms with Gasteiger partial charge in [0.05, 0.1) is 11.7 Å². The molecule has 1 N–H and O–H groups in total. The van der Waals surface area contributed by atoms with Gasteiger partial charge < -0.3 is 14.8 Å². The molecule has 2 aromatic rings. The summed E-state index contributed by atoms with van der Waals surface area (Å²) in [5.74, 6) is -0.330. The van der Waals surface area contributed by atoms with Crippen molar-refractivity contribution in [2.24, 2.45) is 7.05 Å². The highest BCUT2D eigenvalue weighted by atomic mass is 19.1. The minimum atomic E-state index is -0.281. The standard InChI is InChI=1S/C20H25FN4O2/c1-14-12-19(26)23(3)13-18(14)22-20(27)15(2)24-8-10-25(11-9-24)17-6-4-16(21)5-7-17/h4-7,12-13,15H,8-11H2,1-3H3,(H,22,27). The van der Waals surface area contributed by atoms with E-state index >= 15 is 0 Å². The number of aryl methyl sites for hydroxylation is 2. The average molecular weight is 372 g/mol. The Morgan fingerprint density at radius 3 is 2.41 bits per heavy atom. The molecule has 0 radical (unpaired) electrons. The Kier molecular flexibility index (Phi) is 5.60. The van der Waals surface area contributed by atoms with Crippen LogP contribution in [0.3, 0.4) is 0 Å². The van der Waals surface area contributed by atoms with Crippen molar-refractivity contribution in [3.05, 3.63) is 58.3 Å². The van der Waals surface area contributed by atoms with Crippen LogP contribution in [-0.4, -0.2) is 47.6 Å². The first kappa shape index (κ1) is 19.1. The van der Waals surface area contributed by atoms with E-state index in [9.17, 15) is 14.0 Å². The van der Waals surface area contributed by atoms with E-state index in [2.05, 4.69) is 15.1 Å². The Morgan fingerprint density at radius 1 is 1.15 bits per heavy atom. The van der Waals surface area contributed by atoms with Gasteiger partial charge in [-0.05, 0) is 43.7 Å². The molecular formula is C20H25FN4O2. The summed E-state index contributed by atoms with van der Waals surface area (Å²) in [5.41, 5.74) is 2.29. The molecule has 27 heavy (non-hydrogen) atoms. The topological polar surface area (TPSA) is 57.6 Å². The number of hydrogen-bond acceptors (Lipinski definition) is 4. The van der Waals surface area contributed by atoms with Crippen molar-refractivity contribution < 1.29 is 9.18 Å². The maximum Gasteiger partial charge on any atom is 0.250 e. The number of benzene rings is 1. The minimum Gasteiger partial charge on any atom is -0.369 e. The van der Waals surface area contributed by atoms with Crippen LogP contribution in [0.25, 0.3) is 0 Å². The Hall–Kier alpha value is -2.67. The molecule has 1 aliphatic heterocycles. The van der Waals surface area contributed by atoms with E-state index in [1.165, 1.54) is 22.8 Å². The number of aromatic nitrogens is 1. The Balaban J connectivity index is 1.59. The second kappa shape index (κ2) is 7.92. The van der Waals surface area contributed by atoms with Gasteiger partial charge in [-0.1, -0.05) is 0 Å². The van der Waals surface area contributed by atoms with Crippen LogP contribution >= 0.6 is 0 Å². The molecular weight excluding hydrogens is 347 g/mol. The van der Waals surface area contributed by atoms with Crippen molar-refractivity contribution in [3.8, 4) is 0 Å². The number of piperazine rings is 1. The Morgan fingerprint density at radius 2 is 1.78 bits per heavy atom. The molecule has 0 saturated carbocycles. The first-order valence-corrected chi connectivity index (χ1v) is 9.08. The number of carbonyl (C=O) groups excluding carboxylic acids is 1. The number of hydrogen-bond donors (Lipinski definition) is 1. The number of halogens is 1. The number of nitrogens with one attached hydrogen (secondary N) is 1. The molecule has 1 fully saturated rings. The summed E-state index contributed by atoms with van der Waals surface area (Å²) in [5, 5.41) is 2.93.